The van der Waals surface area contributed by atoms with Crippen molar-refractivity contribution in [2.75, 3.05) is 13.1 Å². The van der Waals surface area contributed by atoms with Crippen molar-refractivity contribution in [1.29, 1.82) is 0 Å². The van der Waals surface area contributed by atoms with Gasteiger partial charge in [-0.05, 0) is 32.3 Å². The largest absolute Gasteiger partial charge is 0.311 e. The Balaban J connectivity index is 2.03. The Hall–Kier alpha value is -0.870. The number of aromatic nitrogens is 2. The topological polar surface area (TPSA) is 33.1 Å². The Labute approximate surface area is 123 Å². The van der Waals surface area contributed by atoms with Crippen LogP contribution < -0.4 is 5.32 Å². The molecule has 0 aliphatic carbocycles. The van der Waals surface area contributed by atoms with Crippen LogP contribution in [0, 0.1) is 5.92 Å². The van der Waals surface area contributed by atoms with E-state index >= 15 is 0 Å². The van der Waals surface area contributed by atoms with Crippen LogP contribution in [0.4, 0.5) is 0 Å². The first-order chi connectivity index (χ1) is 9.51. The Kier molecular flexibility index (Phi) is 5.22. The molecule has 1 aromatic heterocycles. The molecule has 2 atom stereocenters. The van der Waals surface area contributed by atoms with Crippen molar-refractivity contribution in [3.05, 3.63) is 18.0 Å². The monoisotopic (exact) mass is 278 g/mol. The molecule has 2 rings (SSSR count). The fourth-order valence-corrected chi connectivity index (χ4v) is 2.88. The zero-order valence-corrected chi connectivity index (χ0v) is 13.6. The van der Waals surface area contributed by atoms with Gasteiger partial charge in [0, 0.05) is 44.0 Å². The smallest absolute Gasteiger partial charge is 0.0765 e. The van der Waals surface area contributed by atoms with Crippen molar-refractivity contribution >= 4 is 0 Å². The summed E-state index contributed by atoms with van der Waals surface area (Å²) in [5.74, 6) is 0.684. The van der Waals surface area contributed by atoms with Gasteiger partial charge < -0.3 is 5.32 Å². The first kappa shape index (κ1) is 15.5. The summed E-state index contributed by atoms with van der Waals surface area (Å²) in [5.41, 5.74) is 1.20. The standard InChI is InChI=1S/C16H30N4/c1-6-15-9-17-16(12(2)3)11-19(15)10-14-7-8-20(18-14)13(4)5/h7-8,12-13,15-17H,6,9-11H2,1-5H3. The van der Waals surface area contributed by atoms with Crippen LogP contribution in [0.25, 0.3) is 0 Å². The lowest BCUT2D eigenvalue weighted by Crippen LogP contribution is -2.57. The van der Waals surface area contributed by atoms with Gasteiger partial charge in [-0.1, -0.05) is 20.8 Å². The molecule has 20 heavy (non-hydrogen) atoms. The van der Waals surface area contributed by atoms with Crippen LogP contribution in [0.1, 0.15) is 52.8 Å². The Morgan fingerprint density at radius 3 is 2.65 bits per heavy atom. The second-order valence-electron chi connectivity index (χ2n) is 6.63. The van der Waals surface area contributed by atoms with Crippen molar-refractivity contribution in [1.82, 2.24) is 20.0 Å². The van der Waals surface area contributed by atoms with Crippen molar-refractivity contribution in [3.63, 3.8) is 0 Å². The maximum Gasteiger partial charge on any atom is 0.0765 e. The number of piperazine rings is 1. The maximum atomic E-state index is 4.70. The molecular formula is C16H30N4. The van der Waals surface area contributed by atoms with Crippen LogP contribution in [-0.2, 0) is 6.54 Å². The summed E-state index contributed by atoms with van der Waals surface area (Å²) in [4.78, 5) is 2.61. The van der Waals surface area contributed by atoms with Crippen LogP contribution in [0.3, 0.4) is 0 Å². The van der Waals surface area contributed by atoms with Crippen LogP contribution >= 0.6 is 0 Å². The van der Waals surface area contributed by atoms with E-state index in [1.165, 1.54) is 12.1 Å². The van der Waals surface area contributed by atoms with Gasteiger partial charge in [0.05, 0.1) is 5.69 Å². The van der Waals surface area contributed by atoms with Gasteiger partial charge in [0.25, 0.3) is 0 Å². The Morgan fingerprint density at radius 1 is 1.35 bits per heavy atom. The lowest BCUT2D eigenvalue weighted by molar-refractivity contribution is 0.102. The molecule has 1 saturated heterocycles. The molecule has 1 aliphatic heterocycles. The molecule has 114 valence electrons. The minimum absolute atomic E-state index is 0.442. The average molecular weight is 278 g/mol. The molecule has 2 heterocycles. The molecule has 0 aromatic carbocycles. The van der Waals surface area contributed by atoms with Gasteiger partial charge in [0.2, 0.25) is 0 Å². The molecule has 0 bridgehead atoms. The fourth-order valence-electron chi connectivity index (χ4n) is 2.88. The van der Waals surface area contributed by atoms with Gasteiger partial charge >= 0.3 is 0 Å². The van der Waals surface area contributed by atoms with E-state index in [0.29, 0.717) is 24.0 Å². The highest BCUT2D eigenvalue weighted by Gasteiger charge is 2.28. The first-order valence-electron chi connectivity index (χ1n) is 8.02. The van der Waals surface area contributed by atoms with E-state index < -0.39 is 0 Å². The van der Waals surface area contributed by atoms with E-state index in [1.54, 1.807) is 0 Å². The van der Waals surface area contributed by atoms with Gasteiger partial charge in [-0.2, -0.15) is 5.10 Å². The predicted octanol–water partition coefficient (Wildman–Crippen LogP) is 2.67. The SMILES string of the molecule is CCC1CNC(C(C)C)CN1Cc1ccn(C(C)C)n1. The summed E-state index contributed by atoms with van der Waals surface area (Å²) in [6.45, 7) is 14.4. The van der Waals surface area contributed by atoms with Crippen LogP contribution in [0.15, 0.2) is 12.3 Å². The van der Waals surface area contributed by atoms with Crippen molar-refractivity contribution in [2.45, 2.75) is 65.7 Å². The molecule has 0 amide bonds. The second-order valence-corrected chi connectivity index (χ2v) is 6.63. The van der Waals surface area contributed by atoms with Crippen LogP contribution in [0.2, 0.25) is 0 Å². The molecule has 0 spiro atoms. The predicted molar refractivity (Wildman–Crippen MR) is 83.7 cm³/mol. The molecule has 1 aromatic rings. The zero-order valence-electron chi connectivity index (χ0n) is 13.6. The lowest BCUT2D eigenvalue weighted by Gasteiger charge is -2.41. The summed E-state index contributed by atoms with van der Waals surface area (Å²) in [6, 6.07) is 3.84. The number of hydrogen-bond acceptors (Lipinski definition) is 3. The number of nitrogens with one attached hydrogen (secondary N) is 1. The van der Waals surface area contributed by atoms with Crippen molar-refractivity contribution in [3.8, 4) is 0 Å². The van der Waals surface area contributed by atoms with Crippen LogP contribution in [-0.4, -0.2) is 39.9 Å². The van der Waals surface area contributed by atoms with E-state index in [0.717, 1.165) is 19.6 Å². The molecule has 1 fully saturated rings. The minimum atomic E-state index is 0.442. The van der Waals surface area contributed by atoms with Gasteiger partial charge in [0.1, 0.15) is 0 Å². The van der Waals surface area contributed by atoms with Gasteiger partial charge in [-0.3, -0.25) is 9.58 Å². The van der Waals surface area contributed by atoms with Crippen molar-refractivity contribution < 1.29 is 0 Å². The highest BCUT2D eigenvalue weighted by molar-refractivity contribution is 5.01. The van der Waals surface area contributed by atoms with Gasteiger partial charge in [-0.25, -0.2) is 0 Å². The highest BCUT2D eigenvalue weighted by atomic mass is 15.3. The summed E-state index contributed by atoms with van der Waals surface area (Å²) in [5, 5.41) is 8.39. The number of hydrogen-bond donors (Lipinski definition) is 1. The lowest BCUT2D eigenvalue weighted by atomic mass is 9.98. The molecule has 1 N–H and O–H groups in total. The molecule has 4 heteroatoms. The van der Waals surface area contributed by atoms with E-state index in [2.05, 4.69) is 61.8 Å². The average Bonchev–Trinajstić information content (AvgIpc) is 2.87. The zero-order chi connectivity index (χ0) is 14.7. The van der Waals surface area contributed by atoms with E-state index in [1.807, 2.05) is 0 Å². The second kappa shape index (κ2) is 6.72. The summed E-state index contributed by atoms with van der Waals surface area (Å²) >= 11 is 0. The summed E-state index contributed by atoms with van der Waals surface area (Å²) in [6.07, 6.45) is 3.30. The normalized spacial score (nSPS) is 24.8. The third kappa shape index (κ3) is 3.61. The molecule has 1 aliphatic rings. The molecule has 0 radical (unpaired) electrons. The quantitative estimate of drug-likeness (QED) is 0.899. The molecule has 2 unspecified atom stereocenters. The molecule has 0 saturated carbocycles. The third-order valence-electron chi connectivity index (χ3n) is 4.40. The molecule has 4 nitrogen and oxygen atoms in total. The highest BCUT2D eigenvalue weighted by Crippen LogP contribution is 2.17. The summed E-state index contributed by atoms with van der Waals surface area (Å²) < 4.78 is 2.05. The maximum absolute atomic E-state index is 4.70. The minimum Gasteiger partial charge on any atom is -0.311 e. The Bertz CT molecular complexity index is 410. The van der Waals surface area contributed by atoms with E-state index in [-0.39, 0.29) is 0 Å². The van der Waals surface area contributed by atoms with Gasteiger partial charge in [-0.15, -0.1) is 0 Å². The van der Waals surface area contributed by atoms with E-state index in [9.17, 15) is 0 Å². The van der Waals surface area contributed by atoms with Crippen LogP contribution in [0.5, 0.6) is 0 Å². The van der Waals surface area contributed by atoms with Crippen molar-refractivity contribution in [2.24, 2.45) is 5.92 Å². The van der Waals surface area contributed by atoms with Gasteiger partial charge in [0.15, 0.2) is 0 Å². The number of rotatable bonds is 5. The third-order valence-corrected chi connectivity index (χ3v) is 4.40. The fraction of sp³-hybridized carbons (Fsp3) is 0.812. The molecular weight excluding hydrogens is 248 g/mol. The number of nitrogens with zero attached hydrogens (tertiary/aromatic N) is 3. The summed E-state index contributed by atoms with van der Waals surface area (Å²) in [7, 11) is 0. The van der Waals surface area contributed by atoms with E-state index in [4.69, 9.17) is 5.10 Å². The Morgan fingerprint density at radius 2 is 2.10 bits per heavy atom. The first-order valence-corrected chi connectivity index (χ1v) is 8.02.